The Morgan fingerprint density at radius 1 is 0.162 bits per heavy atom. The average Bonchev–Trinajstić information content (AvgIpc) is 1.66. The van der Waals surface area contributed by atoms with Gasteiger partial charge in [-0.2, -0.15) is 0 Å². The molecular weight excluding hydrogens is 1270 g/mol. The fourth-order valence-corrected chi connectivity index (χ4v) is 11.7. The molecule has 0 fully saturated rings. The predicted octanol–water partition coefficient (Wildman–Crippen LogP) is 33.3. The van der Waals surface area contributed by atoms with Gasteiger partial charge in [0.2, 0.25) is 0 Å². The highest BCUT2D eigenvalue weighted by atomic mass is 15.3. The second-order valence-electron chi connectivity index (χ2n) is 19.6. The monoisotopic (exact) mass is 1420 g/mol. The summed E-state index contributed by atoms with van der Waals surface area (Å²) in [7, 11) is 0. The van der Waals surface area contributed by atoms with Crippen LogP contribution in [0.1, 0.15) is 241 Å². The standard InChI is InChI=1S/C39H30N2.C32H26N2.15C2H6/c1-3-17-32(18-4-1)40(36-23-11-15-30-25-28-13-7-9-21-34(28)38(30)36)27-41(33-19-5-2-6-20-33)37-24-12-16-31-26-29-14-8-10-22-35(29)39(31)37;1-4-15-27(16-5-1)33(28-17-6-2-7-18-28)24-34(29-19-8-3-9-20-29)31-22-12-14-26-23-25-13-10-11-21-30(25)32(26)31;15*1-2/h1-24H,25-27H2;1-22H,23-24H2;15*1-2H3. The minimum Gasteiger partial charge on any atom is -0.323 e. The smallest absolute Gasteiger partial charge is 0.1000 e. The van der Waals surface area contributed by atoms with Gasteiger partial charge in [0, 0.05) is 45.1 Å². The zero-order valence-electron chi connectivity index (χ0n) is 71.9. The maximum absolute atomic E-state index is 2.49. The van der Waals surface area contributed by atoms with Crippen molar-refractivity contribution in [2.75, 3.05) is 32.9 Å². The third-order valence-electron chi connectivity index (χ3n) is 15.2. The molecule has 105 heavy (non-hydrogen) atoms. The number of hydrogen-bond acceptors (Lipinski definition) is 4. The van der Waals surface area contributed by atoms with Crippen molar-refractivity contribution in [2.24, 2.45) is 0 Å². The first-order valence-electron chi connectivity index (χ1n) is 41.2. The van der Waals surface area contributed by atoms with E-state index in [4.69, 9.17) is 0 Å². The van der Waals surface area contributed by atoms with Gasteiger partial charge in [-0.15, -0.1) is 0 Å². The first kappa shape index (κ1) is 99.8. The number of para-hydroxylation sites is 5. The fraction of sp³-hybridized carbons (Fsp3) is 0.347. The minimum atomic E-state index is 0.672. The van der Waals surface area contributed by atoms with Gasteiger partial charge in [-0.1, -0.05) is 408 Å². The first-order valence-corrected chi connectivity index (χ1v) is 41.2. The molecule has 0 amide bonds. The van der Waals surface area contributed by atoms with E-state index in [-0.39, 0.29) is 0 Å². The second-order valence-corrected chi connectivity index (χ2v) is 19.6. The zero-order valence-corrected chi connectivity index (χ0v) is 71.9. The van der Waals surface area contributed by atoms with Crippen LogP contribution in [-0.2, 0) is 19.3 Å². The first-order chi connectivity index (χ1) is 52.2. The third-order valence-corrected chi connectivity index (χ3v) is 15.2. The lowest BCUT2D eigenvalue weighted by atomic mass is 10.0. The minimum absolute atomic E-state index is 0.672. The molecule has 0 radical (unpaired) electrons. The lowest BCUT2D eigenvalue weighted by Gasteiger charge is -2.36. The molecule has 0 unspecified atom stereocenters. The Hall–Kier alpha value is -9.38. The summed E-state index contributed by atoms with van der Waals surface area (Å²) >= 11 is 0. The summed E-state index contributed by atoms with van der Waals surface area (Å²) in [6.45, 7) is 61.4. The van der Waals surface area contributed by atoms with Crippen LogP contribution in [0.25, 0.3) is 33.4 Å². The summed E-state index contributed by atoms with van der Waals surface area (Å²) in [4.78, 5) is 9.82. The van der Waals surface area contributed by atoms with Crippen LogP contribution in [0.3, 0.4) is 0 Å². The quantitative estimate of drug-likeness (QED) is 0.113. The van der Waals surface area contributed by atoms with Gasteiger partial charge in [0.1, 0.15) is 0 Å². The Balaban J connectivity index is -0.00000147. The molecule has 0 N–H and O–H groups in total. The molecule has 14 rings (SSSR count). The van der Waals surface area contributed by atoms with Crippen LogP contribution in [0.15, 0.2) is 279 Å². The molecule has 570 valence electrons. The lowest BCUT2D eigenvalue weighted by molar-refractivity contribution is 0.926. The topological polar surface area (TPSA) is 13.0 Å². The van der Waals surface area contributed by atoms with Crippen LogP contribution in [0.5, 0.6) is 0 Å². The van der Waals surface area contributed by atoms with E-state index in [2.05, 4.69) is 299 Å². The molecule has 0 aromatic heterocycles. The lowest BCUT2D eigenvalue weighted by Crippen LogP contribution is -2.33. The number of hydrogen-bond donors (Lipinski definition) is 0. The largest absolute Gasteiger partial charge is 0.323 e. The highest BCUT2D eigenvalue weighted by Crippen LogP contribution is 2.49. The van der Waals surface area contributed by atoms with Crippen LogP contribution in [-0.4, -0.2) is 13.3 Å². The van der Waals surface area contributed by atoms with E-state index in [1.807, 2.05) is 208 Å². The number of rotatable bonds is 12. The van der Waals surface area contributed by atoms with Crippen LogP contribution >= 0.6 is 0 Å². The van der Waals surface area contributed by atoms with E-state index in [0.29, 0.717) is 13.3 Å². The maximum atomic E-state index is 2.49. The van der Waals surface area contributed by atoms with Gasteiger partial charge >= 0.3 is 0 Å². The molecule has 0 atom stereocenters. The van der Waals surface area contributed by atoms with E-state index >= 15 is 0 Å². The van der Waals surface area contributed by atoms with E-state index in [0.717, 1.165) is 19.3 Å². The molecule has 3 aliphatic carbocycles. The Kier molecular flexibility index (Phi) is 61.1. The second kappa shape index (κ2) is 64.2. The number of anilines is 8. The van der Waals surface area contributed by atoms with Gasteiger partial charge in [0.15, 0.2) is 0 Å². The van der Waals surface area contributed by atoms with Gasteiger partial charge in [0.25, 0.3) is 0 Å². The Morgan fingerprint density at radius 2 is 0.324 bits per heavy atom. The maximum Gasteiger partial charge on any atom is 0.1000 e. The SMILES string of the molecule is CC.CC.CC.CC.CC.CC.CC.CC.CC.CC.CC.CC.CC.CC.CC.c1ccc(N(CN(c2ccccc2)c2cccc3c2-c2ccccc2C3)c2cccc3c2-c2ccccc2C3)cc1.c1ccc(N(CN(c2ccccc2)c2cccc3c2-c2ccccc2C3)c2ccccc2)cc1. The highest BCUT2D eigenvalue weighted by Gasteiger charge is 2.30. The van der Waals surface area contributed by atoms with Crippen LogP contribution < -0.4 is 19.6 Å². The molecule has 0 bridgehead atoms. The molecule has 0 saturated heterocycles. The summed E-state index contributed by atoms with van der Waals surface area (Å²) in [5, 5.41) is 0. The van der Waals surface area contributed by atoms with Crippen molar-refractivity contribution in [3.63, 3.8) is 0 Å². The molecule has 0 aliphatic heterocycles. The molecule has 11 aromatic rings. The highest BCUT2D eigenvalue weighted by molar-refractivity contribution is 5.93. The van der Waals surface area contributed by atoms with Crippen molar-refractivity contribution < 1.29 is 0 Å². The van der Waals surface area contributed by atoms with E-state index in [9.17, 15) is 0 Å². The van der Waals surface area contributed by atoms with Crippen molar-refractivity contribution in [3.8, 4) is 33.4 Å². The summed E-state index contributed by atoms with van der Waals surface area (Å²) in [5.74, 6) is 0. The predicted molar refractivity (Wildman–Crippen MR) is 485 cm³/mol. The summed E-state index contributed by atoms with van der Waals surface area (Å²) in [6, 6.07) is 101. The van der Waals surface area contributed by atoms with Gasteiger partial charge < -0.3 is 19.6 Å². The molecule has 4 nitrogen and oxygen atoms in total. The molecular formula is C101H146N4. The van der Waals surface area contributed by atoms with Crippen LogP contribution in [0.2, 0.25) is 0 Å². The number of nitrogens with zero attached hydrogens (tertiary/aromatic N) is 4. The van der Waals surface area contributed by atoms with E-state index < -0.39 is 0 Å². The van der Waals surface area contributed by atoms with Crippen molar-refractivity contribution >= 4 is 45.5 Å². The summed E-state index contributed by atoms with van der Waals surface area (Å²) < 4.78 is 0. The molecule has 0 spiro atoms. The normalized spacial score (nSPS) is 9.39. The van der Waals surface area contributed by atoms with Gasteiger partial charge in [-0.25, -0.2) is 0 Å². The Bertz CT molecular complexity index is 3590. The summed E-state index contributed by atoms with van der Waals surface area (Å²) in [6.07, 6.45) is 2.95. The van der Waals surface area contributed by atoms with Crippen molar-refractivity contribution in [1.29, 1.82) is 0 Å². The molecule has 4 heteroatoms. The van der Waals surface area contributed by atoms with E-state index in [1.54, 1.807) is 0 Å². The van der Waals surface area contributed by atoms with Crippen LogP contribution in [0.4, 0.5) is 45.5 Å². The average molecular weight is 1420 g/mol. The van der Waals surface area contributed by atoms with Crippen molar-refractivity contribution in [2.45, 2.75) is 227 Å². The number of benzene rings is 11. The molecule has 3 aliphatic rings. The van der Waals surface area contributed by atoms with E-state index in [1.165, 1.54) is 112 Å². The number of fused-ring (bicyclic) bond motifs is 9. The fourth-order valence-electron chi connectivity index (χ4n) is 11.7. The molecule has 0 heterocycles. The van der Waals surface area contributed by atoms with Gasteiger partial charge in [0.05, 0.1) is 30.4 Å². The van der Waals surface area contributed by atoms with Crippen molar-refractivity contribution in [3.05, 3.63) is 312 Å². The van der Waals surface area contributed by atoms with Gasteiger partial charge in [-0.05, 0) is 148 Å². The Labute approximate surface area is 647 Å². The zero-order chi connectivity index (χ0) is 79.9. The van der Waals surface area contributed by atoms with Crippen molar-refractivity contribution in [1.82, 2.24) is 0 Å². The van der Waals surface area contributed by atoms with Crippen LogP contribution in [0, 0.1) is 0 Å². The molecule has 11 aromatic carbocycles. The Morgan fingerprint density at radius 3 is 0.533 bits per heavy atom. The van der Waals surface area contributed by atoms with Gasteiger partial charge in [-0.3, -0.25) is 0 Å². The summed E-state index contributed by atoms with van der Waals surface area (Å²) in [5.41, 5.74) is 26.1. The third kappa shape index (κ3) is 28.2. The molecule has 0 saturated carbocycles.